The van der Waals surface area contributed by atoms with Crippen LogP contribution in [0.2, 0.25) is 0 Å². The molecule has 0 radical (unpaired) electrons. The first kappa shape index (κ1) is 14.1. The number of rotatable bonds is 4. The summed E-state index contributed by atoms with van der Waals surface area (Å²) in [6.07, 6.45) is 5.49. The van der Waals surface area contributed by atoms with E-state index in [1.54, 1.807) is 0 Å². The summed E-state index contributed by atoms with van der Waals surface area (Å²) in [5, 5.41) is 0. The van der Waals surface area contributed by atoms with E-state index in [0.29, 0.717) is 6.54 Å². The number of nitrogens with two attached hydrogens (primary N) is 1. The molecule has 2 N–H and O–H groups in total. The lowest BCUT2D eigenvalue weighted by atomic mass is 10.1. The van der Waals surface area contributed by atoms with Crippen molar-refractivity contribution >= 4 is 0 Å². The summed E-state index contributed by atoms with van der Waals surface area (Å²) < 4.78 is 5.81. The first-order valence-corrected chi connectivity index (χ1v) is 8.01. The molecule has 112 valence electrons. The molecule has 3 rings (SSSR count). The summed E-state index contributed by atoms with van der Waals surface area (Å²) in [5.41, 5.74) is 6.86. The first-order valence-electron chi connectivity index (χ1n) is 8.01. The van der Waals surface area contributed by atoms with Gasteiger partial charge in [-0.3, -0.25) is 9.80 Å². The predicted octanol–water partition coefficient (Wildman–Crippen LogP) is 2.11. The molecule has 2 aliphatic heterocycles. The van der Waals surface area contributed by atoms with Crippen LogP contribution in [-0.4, -0.2) is 42.0 Å². The molecule has 2 saturated heterocycles. The fourth-order valence-electron chi connectivity index (χ4n) is 3.63. The maximum absolute atomic E-state index is 5.81. The van der Waals surface area contributed by atoms with Crippen molar-refractivity contribution in [2.24, 2.45) is 5.73 Å². The van der Waals surface area contributed by atoms with Crippen LogP contribution in [0.25, 0.3) is 0 Å². The molecule has 4 heteroatoms. The summed E-state index contributed by atoms with van der Waals surface area (Å²) in [5.74, 6) is 2.05. The monoisotopic (exact) mass is 277 g/mol. The molecule has 2 fully saturated rings. The average molecular weight is 277 g/mol. The van der Waals surface area contributed by atoms with Gasteiger partial charge in [0.2, 0.25) is 0 Å². The topological polar surface area (TPSA) is 45.6 Å². The van der Waals surface area contributed by atoms with E-state index < -0.39 is 0 Å². The van der Waals surface area contributed by atoms with Gasteiger partial charge in [0, 0.05) is 31.2 Å². The summed E-state index contributed by atoms with van der Waals surface area (Å²) in [7, 11) is 0. The minimum atomic E-state index is 0.575. The predicted molar refractivity (Wildman–Crippen MR) is 80.4 cm³/mol. The van der Waals surface area contributed by atoms with Gasteiger partial charge in [-0.15, -0.1) is 0 Å². The van der Waals surface area contributed by atoms with Gasteiger partial charge < -0.3 is 10.2 Å². The molecule has 0 aromatic carbocycles. The Morgan fingerprint density at radius 1 is 1.25 bits per heavy atom. The fourth-order valence-corrected chi connectivity index (χ4v) is 3.63. The fraction of sp³-hybridized carbons (Fsp3) is 0.750. The van der Waals surface area contributed by atoms with Gasteiger partial charge in [-0.1, -0.05) is 6.42 Å². The van der Waals surface area contributed by atoms with Crippen molar-refractivity contribution in [2.45, 2.75) is 51.7 Å². The average Bonchev–Trinajstić information content (AvgIpc) is 3.07. The molecule has 0 spiro atoms. The van der Waals surface area contributed by atoms with Gasteiger partial charge in [0.25, 0.3) is 0 Å². The zero-order valence-corrected chi connectivity index (χ0v) is 12.6. The molecule has 1 unspecified atom stereocenters. The minimum absolute atomic E-state index is 0.575. The van der Waals surface area contributed by atoms with Crippen LogP contribution in [0.4, 0.5) is 0 Å². The Hall–Kier alpha value is -0.840. The molecule has 2 aliphatic rings. The van der Waals surface area contributed by atoms with E-state index >= 15 is 0 Å². The zero-order valence-electron chi connectivity index (χ0n) is 12.6. The van der Waals surface area contributed by atoms with Crippen molar-refractivity contribution in [2.75, 3.05) is 26.2 Å². The second-order valence-corrected chi connectivity index (χ2v) is 6.27. The number of furan rings is 1. The lowest BCUT2D eigenvalue weighted by Gasteiger charge is -2.32. The summed E-state index contributed by atoms with van der Waals surface area (Å²) >= 11 is 0. The van der Waals surface area contributed by atoms with E-state index in [4.69, 9.17) is 10.2 Å². The quantitative estimate of drug-likeness (QED) is 0.915. The number of nitrogens with zero attached hydrogens (tertiary/aromatic N) is 2. The smallest absolute Gasteiger partial charge is 0.118 e. The first-order chi connectivity index (χ1) is 9.76. The van der Waals surface area contributed by atoms with E-state index in [1.807, 2.05) is 6.92 Å². The van der Waals surface area contributed by atoms with E-state index in [2.05, 4.69) is 15.9 Å². The van der Waals surface area contributed by atoms with E-state index in [9.17, 15) is 0 Å². The Morgan fingerprint density at radius 2 is 2.05 bits per heavy atom. The third kappa shape index (κ3) is 3.08. The van der Waals surface area contributed by atoms with Gasteiger partial charge >= 0.3 is 0 Å². The van der Waals surface area contributed by atoms with Crippen molar-refractivity contribution in [3.8, 4) is 0 Å². The molecule has 1 aromatic heterocycles. The van der Waals surface area contributed by atoms with Crippen LogP contribution in [0.15, 0.2) is 10.5 Å². The molecule has 0 aliphatic carbocycles. The van der Waals surface area contributed by atoms with E-state index in [1.165, 1.54) is 51.9 Å². The highest BCUT2D eigenvalue weighted by atomic mass is 16.3. The molecular weight excluding hydrogens is 250 g/mol. The van der Waals surface area contributed by atoms with Crippen LogP contribution in [0.5, 0.6) is 0 Å². The largest absolute Gasteiger partial charge is 0.465 e. The van der Waals surface area contributed by atoms with Crippen molar-refractivity contribution in [3.05, 3.63) is 23.2 Å². The SMILES string of the molecule is Cc1oc(CN2CCC(N3CCCCC3)C2)cc1CN. The molecule has 0 saturated carbocycles. The highest BCUT2D eigenvalue weighted by Crippen LogP contribution is 2.23. The normalized spacial score (nSPS) is 25.4. The number of aryl methyl sites for hydroxylation is 1. The Bertz CT molecular complexity index is 437. The summed E-state index contributed by atoms with van der Waals surface area (Å²) in [6, 6.07) is 2.89. The van der Waals surface area contributed by atoms with Crippen LogP contribution in [0.3, 0.4) is 0 Å². The van der Waals surface area contributed by atoms with Gasteiger partial charge in [-0.2, -0.15) is 0 Å². The van der Waals surface area contributed by atoms with E-state index in [-0.39, 0.29) is 0 Å². The zero-order chi connectivity index (χ0) is 13.9. The third-order valence-corrected chi connectivity index (χ3v) is 4.83. The molecular formula is C16H27N3O. The van der Waals surface area contributed by atoms with Crippen LogP contribution in [-0.2, 0) is 13.1 Å². The maximum Gasteiger partial charge on any atom is 0.118 e. The Labute approximate surface area is 121 Å². The highest BCUT2D eigenvalue weighted by molar-refractivity contribution is 5.20. The molecule has 1 aromatic rings. The van der Waals surface area contributed by atoms with E-state index in [0.717, 1.165) is 29.7 Å². The highest BCUT2D eigenvalue weighted by Gasteiger charge is 2.28. The van der Waals surface area contributed by atoms with Gasteiger partial charge in [0.05, 0.1) is 6.54 Å². The van der Waals surface area contributed by atoms with Gasteiger partial charge in [-0.05, 0) is 45.3 Å². The van der Waals surface area contributed by atoms with Crippen molar-refractivity contribution in [3.63, 3.8) is 0 Å². The molecule has 0 amide bonds. The Kier molecular flexibility index (Phi) is 4.44. The molecule has 4 nitrogen and oxygen atoms in total. The molecule has 20 heavy (non-hydrogen) atoms. The van der Waals surface area contributed by atoms with Crippen molar-refractivity contribution in [1.82, 2.24) is 9.80 Å². The second kappa shape index (κ2) is 6.29. The standard InChI is InChI=1S/C16H27N3O/c1-13-14(10-17)9-16(20-13)12-18-8-5-15(11-18)19-6-3-2-4-7-19/h9,15H,2-8,10-12,17H2,1H3. The maximum atomic E-state index is 5.81. The van der Waals surface area contributed by atoms with Crippen LogP contribution < -0.4 is 5.73 Å². The lowest BCUT2D eigenvalue weighted by Crippen LogP contribution is -2.40. The molecule has 0 bridgehead atoms. The van der Waals surface area contributed by atoms with Crippen LogP contribution in [0.1, 0.15) is 42.8 Å². The number of likely N-dealkylation sites (tertiary alicyclic amines) is 2. The van der Waals surface area contributed by atoms with Gasteiger partial charge in [0.15, 0.2) is 0 Å². The van der Waals surface area contributed by atoms with Crippen molar-refractivity contribution < 1.29 is 4.42 Å². The lowest BCUT2D eigenvalue weighted by molar-refractivity contribution is 0.159. The number of piperidine rings is 1. The third-order valence-electron chi connectivity index (χ3n) is 4.83. The molecule has 3 heterocycles. The summed E-state index contributed by atoms with van der Waals surface area (Å²) in [6.45, 7) is 8.51. The number of hydrogen-bond donors (Lipinski definition) is 1. The Balaban J connectivity index is 1.54. The van der Waals surface area contributed by atoms with Crippen LogP contribution >= 0.6 is 0 Å². The van der Waals surface area contributed by atoms with Gasteiger partial charge in [0.1, 0.15) is 11.5 Å². The number of hydrogen-bond acceptors (Lipinski definition) is 4. The van der Waals surface area contributed by atoms with Crippen molar-refractivity contribution in [1.29, 1.82) is 0 Å². The van der Waals surface area contributed by atoms with Gasteiger partial charge in [-0.25, -0.2) is 0 Å². The Morgan fingerprint density at radius 3 is 2.75 bits per heavy atom. The second-order valence-electron chi connectivity index (χ2n) is 6.27. The molecule has 1 atom stereocenters. The minimum Gasteiger partial charge on any atom is -0.465 e. The van der Waals surface area contributed by atoms with Crippen LogP contribution in [0, 0.1) is 6.92 Å². The summed E-state index contributed by atoms with van der Waals surface area (Å²) in [4.78, 5) is 5.22.